The molecule has 6 nitrogen and oxygen atoms in total. The molecule has 126 valence electrons. The van der Waals surface area contributed by atoms with E-state index in [4.69, 9.17) is 0 Å². The number of aryl methyl sites for hydroxylation is 1. The molecule has 23 heavy (non-hydrogen) atoms. The lowest BCUT2D eigenvalue weighted by molar-refractivity contribution is 0.462. The largest absolute Gasteiger partial charge is 0.354 e. The second-order valence-electron chi connectivity index (χ2n) is 6.29. The van der Waals surface area contributed by atoms with Gasteiger partial charge in [0.2, 0.25) is 10.0 Å². The molecule has 1 aliphatic rings. The van der Waals surface area contributed by atoms with Crippen molar-refractivity contribution in [3.05, 3.63) is 17.3 Å². The van der Waals surface area contributed by atoms with Crippen molar-refractivity contribution in [2.75, 3.05) is 18.0 Å². The Bertz CT molecular complexity index is 801. The van der Waals surface area contributed by atoms with E-state index in [1.54, 1.807) is 31.5 Å². The van der Waals surface area contributed by atoms with Gasteiger partial charge in [0, 0.05) is 19.1 Å². The number of piperidine rings is 1. The minimum Gasteiger partial charge on any atom is -0.354 e. The van der Waals surface area contributed by atoms with E-state index in [1.165, 1.54) is 0 Å². The molecule has 0 aliphatic carbocycles. The van der Waals surface area contributed by atoms with Crippen molar-refractivity contribution in [2.24, 2.45) is 0 Å². The van der Waals surface area contributed by atoms with E-state index in [1.807, 2.05) is 6.92 Å². The summed E-state index contributed by atoms with van der Waals surface area (Å²) in [6.45, 7) is 6.99. The highest BCUT2D eigenvalue weighted by atomic mass is 32.2. The van der Waals surface area contributed by atoms with Gasteiger partial charge in [0.25, 0.3) is 0 Å². The zero-order chi connectivity index (χ0) is 16.6. The van der Waals surface area contributed by atoms with Crippen LogP contribution in [0.3, 0.4) is 0 Å². The molecule has 0 spiro atoms. The summed E-state index contributed by atoms with van der Waals surface area (Å²) >= 11 is 1.65. The van der Waals surface area contributed by atoms with E-state index in [-0.39, 0.29) is 6.04 Å². The van der Waals surface area contributed by atoms with Crippen LogP contribution in [0, 0.1) is 6.92 Å². The summed E-state index contributed by atoms with van der Waals surface area (Å²) in [5.41, 5.74) is 2.15. The van der Waals surface area contributed by atoms with E-state index in [0.717, 1.165) is 41.0 Å². The SMILES string of the molecule is Cc1csc2c(N3CCCC(NS(=O)(=O)C(C)C)C3)ncnc12. The Morgan fingerprint density at radius 1 is 1.39 bits per heavy atom. The molecule has 3 heterocycles. The van der Waals surface area contributed by atoms with Crippen LogP contribution in [-0.2, 0) is 10.0 Å². The number of nitrogens with one attached hydrogen (secondary N) is 1. The molecular formula is C15H22N4O2S2. The van der Waals surface area contributed by atoms with Crippen LogP contribution < -0.4 is 9.62 Å². The van der Waals surface area contributed by atoms with Crippen molar-refractivity contribution in [1.82, 2.24) is 14.7 Å². The number of anilines is 1. The third-order valence-corrected chi connectivity index (χ3v) is 7.17. The fourth-order valence-electron chi connectivity index (χ4n) is 2.82. The molecule has 0 bridgehead atoms. The highest BCUT2D eigenvalue weighted by Gasteiger charge is 2.27. The molecule has 2 aromatic heterocycles. The maximum Gasteiger partial charge on any atom is 0.214 e. The summed E-state index contributed by atoms with van der Waals surface area (Å²) in [6, 6.07) is -0.0674. The third kappa shape index (κ3) is 3.34. The van der Waals surface area contributed by atoms with Gasteiger partial charge in [-0.25, -0.2) is 23.1 Å². The quantitative estimate of drug-likeness (QED) is 0.912. The second-order valence-corrected chi connectivity index (χ2v) is 9.44. The number of rotatable bonds is 4. The van der Waals surface area contributed by atoms with Crippen LogP contribution in [0.4, 0.5) is 5.82 Å². The van der Waals surface area contributed by atoms with Crippen LogP contribution in [0.25, 0.3) is 10.2 Å². The Balaban J connectivity index is 1.83. The number of nitrogens with zero attached hydrogens (tertiary/aromatic N) is 3. The van der Waals surface area contributed by atoms with Gasteiger partial charge in [-0.3, -0.25) is 0 Å². The maximum absolute atomic E-state index is 12.1. The molecule has 0 aromatic carbocycles. The van der Waals surface area contributed by atoms with Gasteiger partial charge in [0.15, 0.2) is 0 Å². The summed E-state index contributed by atoms with van der Waals surface area (Å²) in [4.78, 5) is 11.0. The van der Waals surface area contributed by atoms with Crippen molar-refractivity contribution in [3.8, 4) is 0 Å². The molecule has 8 heteroatoms. The molecule has 2 aromatic rings. The molecule has 1 saturated heterocycles. The van der Waals surface area contributed by atoms with Gasteiger partial charge in [-0.15, -0.1) is 11.3 Å². The van der Waals surface area contributed by atoms with Crippen LogP contribution in [-0.4, -0.2) is 42.8 Å². The molecule has 0 amide bonds. The Morgan fingerprint density at radius 2 is 2.17 bits per heavy atom. The molecule has 1 N–H and O–H groups in total. The van der Waals surface area contributed by atoms with E-state index < -0.39 is 15.3 Å². The zero-order valence-electron chi connectivity index (χ0n) is 13.6. The van der Waals surface area contributed by atoms with Crippen LogP contribution in [0.2, 0.25) is 0 Å². The average molecular weight is 355 g/mol. The summed E-state index contributed by atoms with van der Waals surface area (Å²) in [5, 5.41) is 1.68. The summed E-state index contributed by atoms with van der Waals surface area (Å²) in [6.07, 6.45) is 3.40. The Kier molecular flexibility index (Phi) is 4.57. The highest BCUT2D eigenvalue weighted by Crippen LogP contribution is 2.32. The van der Waals surface area contributed by atoms with Crippen LogP contribution in [0.15, 0.2) is 11.7 Å². The summed E-state index contributed by atoms with van der Waals surface area (Å²) in [7, 11) is -3.25. The monoisotopic (exact) mass is 354 g/mol. The first-order chi connectivity index (χ1) is 10.9. The number of aromatic nitrogens is 2. The predicted molar refractivity (Wildman–Crippen MR) is 94.6 cm³/mol. The molecule has 0 radical (unpaired) electrons. The minimum atomic E-state index is -3.25. The molecule has 1 atom stereocenters. The van der Waals surface area contributed by atoms with Crippen molar-refractivity contribution in [1.29, 1.82) is 0 Å². The summed E-state index contributed by atoms with van der Waals surface area (Å²) in [5.74, 6) is 0.918. The van der Waals surface area contributed by atoms with E-state index in [0.29, 0.717) is 6.54 Å². The Labute approximate surface area is 141 Å². The number of hydrogen-bond acceptors (Lipinski definition) is 6. The lowest BCUT2D eigenvalue weighted by Crippen LogP contribution is -2.49. The zero-order valence-corrected chi connectivity index (χ0v) is 15.2. The number of hydrogen-bond donors (Lipinski definition) is 1. The summed E-state index contributed by atoms with van der Waals surface area (Å²) < 4.78 is 28.1. The van der Waals surface area contributed by atoms with Crippen LogP contribution >= 0.6 is 11.3 Å². The van der Waals surface area contributed by atoms with E-state index in [9.17, 15) is 8.42 Å². The first-order valence-corrected chi connectivity index (χ1v) is 10.3. The smallest absolute Gasteiger partial charge is 0.214 e. The maximum atomic E-state index is 12.1. The molecule has 0 saturated carbocycles. The molecule has 1 unspecified atom stereocenters. The van der Waals surface area contributed by atoms with E-state index in [2.05, 4.69) is 25.0 Å². The van der Waals surface area contributed by atoms with Gasteiger partial charge in [-0.1, -0.05) is 0 Å². The van der Waals surface area contributed by atoms with Gasteiger partial charge in [0.05, 0.1) is 15.5 Å². The van der Waals surface area contributed by atoms with Gasteiger partial charge in [0.1, 0.15) is 12.1 Å². The number of fused-ring (bicyclic) bond motifs is 1. The lowest BCUT2D eigenvalue weighted by Gasteiger charge is -2.34. The van der Waals surface area contributed by atoms with Gasteiger partial charge in [-0.2, -0.15) is 0 Å². The Hall–Kier alpha value is -1.25. The minimum absolute atomic E-state index is 0.0674. The van der Waals surface area contributed by atoms with Crippen LogP contribution in [0.1, 0.15) is 32.3 Å². The highest BCUT2D eigenvalue weighted by molar-refractivity contribution is 7.90. The van der Waals surface area contributed by atoms with Gasteiger partial charge in [-0.05, 0) is 44.6 Å². The first-order valence-electron chi connectivity index (χ1n) is 7.83. The predicted octanol–water partition coefficient (Wildman–Crippen LogP) is 2.30. The molecule has 3 rings (SSSR count). The number of thiophene rings is 1. The fraction of sp³-hybridized carbons (Fsp3) is 0.600. The first kappa shape index (κ1) is 16.6. The average Bonchev–Trinajstić information content (AvgIpc) is 2.88. The second kappa shape index (κ2) is 6.33. The number of sulfonamides is 1. The molecule has 1 aliphatic heterocycles. The normalized spacial score (nSPS) is 19.7. The van der Waals surface area contributed by atoms with Crippen molar-refractivity contribution in [2.45, 2.75) is 44.9 Å². The fourth-order valence-corrected chi connectivity index (χ4v) is 4.76. The third-order valence-electron chi connectivity index (χ3n) is 4.18. The van der Waals surface area contributed by atoms with E-state index >= 15 is 0 Å². The standard InChI is InChI=1S/C15H22N4O2S2/c1-10(2)23(20,21)18-12-5-4-6-19(7-12)15-14-13(16-9-17-15)11(3)8-22-14/h8-10,12,18H,4-7H2,1-3H3. The van der Waals surface area contributed by atoms with Crippen LogP contribution in [0.5, 0.6) is 0 Å². The van der Waals surface area contributed by atoms with Crippen molar-refractivity contribution in [3.63, 3.8) is 0 Å². The Morgan fingerprint density at radius 3 is 2.91 bits per heavy atom. The van der Waals surface area contributed by atoms with Crippen molar-refractivity contribution < 1.29 is 8.42 Å². The van der Waals surface area contributed by atoms with Gasteiger partial charge >= 0.3 is 0 Å². The molecule has 1 fully saturated rings. The van der Waals surface area contributed by atoms with Crippen molar-refractivity contribution >= 4 is 37.4 Å². The topological polar surface area (TPSA) is 75.2 Å². The van der Waals surface area contributed by atoms with Gasteiger partial charge < -0.3 is 4.90 Å². The molecular weight excluding hydrogens is 332 g/mol. The lowest BCUT2D eigenvalue weighted by atomic mass is 10.1.